The molecule has 256 valence electrons. The second-order valence-electron chi connectivity index (χ2n) is 13.7. The van der Waals surface area contributed by atoms with E-state index in [0.717, 1.165) is 19.3 Å². The molecule has 3 heterocycles. The minimum Gasteiger partial charge on any atom is -0.464 e. The second kappa shape index (κ2) is 13.9. The van der Waals surface area contributed by atoms with Crippen LogP contribution in [-0.4, -0.2) is 82.2 Å². The van der Waals surface area contributed by atoms with Crippen LogP contribution >= 0.6 is 0 Å². The fraction of sp³-hybridized carbons (Fsp3) is 0.618. The molecule has 13 heteroatoms. The number of benzene rings is 1. The first-order valence-electron chi connectivity index (χ1n) is 16.5. The van der Waals surface area contributed by atoms with E-state index in [9.17, 15) is 28.4 Å². The summed E-state index contributed by atoms with van der Waals surface area (Å²) >= 11 is 0. The van der Waals surface area contributed by atoms with E-state index < -0.39 is 65.1 Å². The van der Waals surface area contributed by atoms with Gasteiger partial charge in [0.2, 0.25) is 11.8 Å². The molecule has 0 unspecified atom stereocenters. The van der Waals surface area contributed by atoms with Gasteiger partial charge in [-0.15, -0.1) is 0 Å². The predicted molar refractivity (Wildman–Crippen MR) is 167 cm³/mol. The number of carbonyl (C=O) groups excluding carboxylic acids is 5. The Morgan fingerprint density at radius 2 is 1.91 bits per heavy atom. The molecular formula is C34H45FN4O8. The third-order valence-corrected chi connectivity index (χ3v) is 9.02. The van der Waals surface area contributed by atoms with Gasteiger partial charge < -0.3 is 29.7 Å². The van der Waals surface area contributed by atoms with Gasteiger partial charge in [-0.25, -0.2) is 18.8 Å². The molecule has 47 heavy (non-hydrogen) atoms. The molecule has 0 bridgehead atoms. The molecule has 4 aliphatic rings. The highest BCUT2D eigenvalue weighted by atomic mass is 19.1. The Bertz CT molecular complexity index is 1430. The maximum Gasteiger partial charge on any atom is 0.410 e. The van der Waals surface area contributed by atoms with Gasteiger partial charge in [-0.3, -0.25) is 14.5 Å². The van der Waals surface area contributed by atoms with Crippen molar-refractivity contribution in [3.8, 4) is 0 Å². The smallest absolute Gasteiger partial charge is 0.410 e. The Morgan fingerprint density at radius 3 is 2.64 bits per heavy atom. The van der Waals surface area contributed by atoms with Gasteiger partial charge in [0.1, 0.15) is 35.1 Å². The molecule has 0 aromatic heterocycles. The van der Waals surface area contributed by atoms with Crippen molar-refractivity contribution in [2.45, 2.75) is 115 Å². The monoisotopic (exact) mass is 656 g/mol. The maximum absolute atomic E-state index is 14.3. The number of alkyl carbamates (subject to hydrolysis) is 1. The Hall–Kier alpha value is -4.16. The lowest BCUT2D eigenvalue weighted by molar-refractivity contribution is -0.150. The summed E-state index contributed by atoms with van der Waals surface area (Å²) in [5, 5.41) is 5.58. The molecule has 0 spiro atoms. The van der Waals surface area contributed by atoms with Crippen molar-refractivity contribution in [3.05, 3.63) is 47.3 Å². The molecule has 1 aliphatic carbocycles. The van der Waals surface area contributed by atoms with Gasteiger partial charge in [0.05, 0.1) is 19.7 Å². The molecule has 2 fully saturated rings. The first-order chi connectivity index (χ1) is 22.3. The van der Waals surface area contributed by atoms with Crippen LogP contribution in [0.5, 0.6) is 0 Å². The lowest BCUT2D eigenvalue weighted by atomic mass is 10.0. The summed E-state index contributed by atoms with van der Waals surface area (Å²) < 4.78 is 30.9. The largest absolute Gasteiger partial charge is 0.464 e. The normalized spacial score (nSPS) is 28.4. The quantitative estimate of drug-likeness (QED) is 0.280. The third-order valence-electron chi connectivity index (χ3n) is 9.02. The Morgan fingerprint density at radius 1 is 1.13 bits per heavy atom. The molecule has 12 nitrogen and oxygen atoms in total. The number of nitrogens with zero attached hydrogens (tertiary/aromatic N) is 2. The highest BCUT2D eigenvalue weighted by molar-refractivity contribution is 5.96. The average Bonchev–Trinajstić information content (AvgIpc) is 3.31. The van der Waals surface area contributed by atoms with Gasteiger partial charge in [-0.05, 0) is 65.0 Å². The van der Waals surface area contributed by atoms with Crippen LogP contribution in [0.3, 0.4) is 0 Å². The van der Waals surface area contributed by atoms with Crippen molar-refractivity contribution in [3.63, 3.8) is 0 Å². The Balaban J connectivity index is 1.38. The summed E-state index contributed by atoms with van der Waals surface area (Å²) in [6.45, 7) is 7.09. The summed E-state index contributed by atoms with van der Waals surface area (Å²) in [7, 11) is 0. The van der Waals surface area contributed by atoms with Crippen molar-refractivity contribution in [1.29, 1.82) is 0 Å². The average molecular weight is 657 g/mol. The molecule has 4 amide bonds. The van der Waals surface area contributed by atoms with Gasteiger partial charge in [0, 0.05) is 24.4 Å². The summed E-state index contributed by atoms with van der Waals surface area (Å²) in [4.78, 5) is 70.0. The van der Waals surface area contributed by atoms with Crippen molar-refractivity contribution in [2.75, 3.05) is 13.2 Å². The van der Waals surface area contributed by atoms with Gasteiger partial charge in [-0.2, -0.15) is 0 Å². The highest BCUT2D eigenvalue weighted by Gasteiger charge is 2.62. The maximum atomic E-state index is 14.3. The SMILES string of the molecule is CCOC(=O)[C@@]12C[C@H]1/C=C\CCCCC[C@H](NC(=O)OC(C)(C)C)C(=O)N1C[C@H](OC(=O)N3Cc4cccc(F)c4C3)C[C@H]1C(=O)N2. The number of halogens is 1. The molecule has 3 aliphatic heterocycles. The van der Waals surface area contributed by atoms with E-state index in [1.807, 2.05) is 12.2 Å². The zero-order valence-corrected chi connectivity index (χ0v) is 27.5. The standard InChI is InChI=1S/C34H45FN4O8/c1-5-45-30(42)34-17-22(34)13-9-7-6-8-10-15-26(36-31(43)47-33(2,3)4)29(41)39-19-23(16-27(39)28(40)37-34)46-32(44)38-18-21-12-11-14-25(35)24(21)20-38/h9,11-14,22-23,26-27H,5-8,10,15-20H2,1-4H3,(H,36,43)(H,37,40)/b13-9-/t22-,23-,26+,27+,34-/m1/s1. The second-order valence-corrected chi connectivity index (χ2v) is 13.7. The Kier molecular flexibility index (Phi) is 10.1. The summed E-state index contributed by atoms with van der Waals surface area (Å²) in [6, 6.07) is 2.57. The van der Waals surface area contributed by atoms with Crippen molar-refractivity contribution >= 4 is 30.0 Å². The Labute approximate surface area is 274 Å². The molecule has 0 radical (unpaired) electrons. The minimum atomic E-state index is -1.26. The van der Waals surface area contributed by atoms with Crippen LogP contribution in [0.15, 0.2) is 30.4 Å². The van der Waals surface area contributed by atoms with Crippen molar-refractivity contribution in [2.24, 2.45) is 5.92 Å². The van der Waals surface area contributed by atoms with E-state index in [1.54, 1.807) is 39.8 Å². The van der Waals surface area contributed by atoms with E-state index in [-0.39, 0.29) is 38.6 Å². The number of amides is 4. The molecule has 1 saturated carbocycles. The van der Waals surface area contributed by atoms with E-state index in [0.29, 0.717) is 30.4 Å². The molecule has 1 saturated heterocycles. The number of hydrogen-bond donors (Lipinski definition) is 2. The van der Waals surface area contributed by atoms with Crippen LogP contribution in [0, 0.1) is 11.7 Å². The van der Waals surface area contributed by atoms with Crippen LogP contribution in [0.1, 0.15) is 83.8 Å². The number of hydrogen-bond acceptors (Lipinski definition) is 8. The number of allylic oxidation sites excluding steroid dienone is 1. The minimum absolute atomic E-state index is 0.0307. The molecule has 5 atom stereocenters. The lowest BCUT2D eigenvalue weighted by Crippen LogP contribution is -2.56. The summed E-state index contributed by atoms with van der Waals surface area (Å²) in [5.41, 5.74) is -0.947. The van der Waals surface area contributed by atoms with Gasteiger partial charge in [-0.1, -0.05) is 37.1 Å². The molecule has 2 N–H and O–H groups in total. The summed E-state index contributed by atoms with van der Waals surface area (Å²) in [5.74, 6) is -2.30. The fourth-order valence-electron chi connectivity index (χ4n) is 6.57. The first kappa shape index (κ1) is 34.2. The molecular weight excluding hydrogens is 611 g/mol. The van der Waals surface area contributed by atoms with Crippen LogP contribution in [0.2, 0.25) is 0 Å². The molecule has 5 rings (SSSR count). The number of rotatable bonds is 4. The topological polar surface area (TPSA) is 144 Å². The van der Waals surface area contributed by atoms with Crippen LogP contribution < -0.4 is 10.6 Å². The van der Waals surface area contributed by atoms with Crippen molar-refractivity contribution in [1.82, 2.24) is 20.4 Å². The highest BCUT2D eigenvalue weighted by Crippen LogP contribution is 2.46. The first-order valence-corrected chi connectivity index (χ1v) is 16.5. The third kappa shape index (κ3) is 7.87. The van der Waals surface area contributed by atoms with E-state index in [2.05, 4.69) is 10.6 Å². The number of ether oxygens (including phenoxy) is 3. The zero-order chi connectivity index (χ0) is 33.9. The van der Waals surface area contributed by atoms with E-state index >= 15 is 0 Å². The van der Waals surface area contributed by atoms with Gasteiger partial charge >= 0.3 is 18.2 Å². The van der Waals surface area contributed by atoms with E-state index in [4.69, 9.17) is 14.2 Å². The lowest BCUT2D eigenvalue weighted by Gasteiger charge is -2.30. The zero-order valence-electron chi connectivity index (χ0n) is 27.5. The molecule has 1 aromatic carbocycles. The summed E-state index contributed by atoms with van der Waals surface area (Å²) in [6.07, 6.45) is 5.27. The van der Waals surface area contributed by atoms with Crippen molar-refractivity contribution < 1.29 is 42.6 Å². The predicted octanol–water partition coefficient (Wildman–Crippen LogP) is 4.10. The number of nitrogens with one attached hydrogen (secondary N) is 2. The number of fused-ring (bicyclic) bond motifs is 3. The molecule has 1 aromatic rings. The number of esters is 1. The van der Waals surface area contributed by atoms with Crippen LogP contribution in [0.4, 0.5) is 14.0 Å². The van der Waals surface area contributed by atoms with Crippen LogP contribution in [0.25, 0.3) is 0 Å². The van der Waals surface area contributed by atoms with Gasteiger partial charge in [0.25, 0.3) is 0 Å². The van der Waals surface area contributed by atoms with E-state index in [1.165, 1.54) is 15.9 Å². The number of carbonyl (C=O) groups is 5. The van der Waals surface area contributed by atoms with Gasteiger partial charge in [0.15, 0.2) is 0 Å². The van der Waals surface area contributed by atoms with Crippen LogP contribution in [-0.2, 0) is 41.7 Å². The fourth-order valence-corrected chi connectivity index (χ4v) is 6.57.